The Morgan fingerprint density at radius 1 is 1.33 bits per heavy atom. The minimum Gasteiger partial charge on any atom is -0.481 e. The first-order valence-electron chi connectivity index (χ1n) is 6.79. The fraction of sp³-hybridized carbons (Fsp3) is 0.846. The number of amides is 1. The first-order chi connectivity index (χ1) is 8.57. The van der Waals surface area contributed by atoms with E-state index in [1.807, 2.05) is 4.90 Å². The minimum absolute atomic E-state index is 0.155. The van der Waals surface area contributed by atoms with E-state index in [-0.39, 0.29) is 23.7 Å². The van der Waals surface area contributed by atoms with E-state index in [0.29, 0.717) is 13.1 Å². The zero-order chi connectivity index (χ0) is 13.2. The maximum absolute atomic E-state index is 12.5. The van der Waals surface area contributed by atoms with Gasteiger partial charge in [0.1, 0.15) is 0 Å². The van der Waals surface area contributed by atoms with Crippen molar-refractivity contribution in [3.63, 3.8) is 0 Å². The molecule has 0 aliphatic carbocycles. The van der Waals surface area contributed by atoms with Crippen molar-refractivity contribution in [2.45, 2.75) is 32.6 Å². The van der Waals surface area contributed by atoms with Gasteiger partial charge in [-0.2, -0.15) is 0 Å². The number of carboxylic acid groups (broad SMARTS) is 1. The molecule has 5 heteroatoms. The number of carbonyl (C=O) groups excluding carboxylic acids is 1. The quantitative estimate of drug-likeness (QED) is 0.775. The van der Waals surface area contributed by atoms with Crippen LogP contribution in [0.4, 0.5) is 0 Å². The van der Waals surface area contributed by atoms with Crippen molar-refractivity contribution in [3.8, 4) is 0 Å². The molecule has 2 saturated heterocycles. The van der Waals surface area contributed by atoms with E-state index in [1.165, 1.54) is 0 Å². The molecule has 18 heavy (non-hydrogen) atoms. The number of rotatable bonds is 4. The van der Waals surface area contributed by atoms with Crippen LogP contribution in [0.5, 0.6) is 0 Å². The van der Waals surface area contributed by atoms with Crippen molar-refractivity contribution in [1.82, 2.24) is 10.2 Å². The van der Waals surface area contributed by atoms with Crippen LogP contribution >= 0.6 is 0 Å². The Kier molecular flexibility index (Phi) is 3.90. The van der Waals surface area contributed by atoms with Crippen LogP contribution < -0.4 is 5.32 Å². The first-order valence-corrected chi connectivity index (χ1v) is 6.79. The van der Waals surface area contributed by atoms with Crippen LogP contribution in [0.2, 0.25) is 0 Å². The van der Waals surface area contributed by atoms with Crippen LogP contribution in [0.25, 0.3) is 0 Å². The molecule has 0 atom stereocenters. The maximum Gasteiger partial charge on any atom is 0.303 e. The molecule has 0 saturated carbocycles. The second kappa shape index (κ2) is 5.26. The van der Waals surface area contributed by atoms with Gasteiger partial charge in [0.05, 0.1) is 11.8 Å². The predicted octanol–water partition coefficient (Wildman–Crippen LogP) is 0.699. The van der Waals surface area contributed by atoms with Gasteiger partial charge in [-0.1, -0.05) is 6.92 Å². The molecular formula is C13H22N2O3. The van der Waals surface area contributed by atoms with Crippen molar-refractivity contribution in [2.24, 2.45) is 11.3 Å². The van der Waals surface area contributed by atoms with E-state index in [1.54, 1.807) is 0 Å². The van der Waals surface area contributed by atoms with E-state index in [0.717, 1.165) is 32.4 Å². The van der Waals surface area contributed by atoms with Gasteiger partial charge in [-0.05, 0) is 32.4 Å². The van der Waals surface area contributed by atoms with Crippen LogP contribution in [0, 0.1) is 11.3 Å². The Bertz CT molecular complexity index is 331. The highest BCUT2D eigenvalue weighted by Gasteiger charge is 2.44. The summed E-state index contributed by atoms with van der Waals surface area (Å²) in [5.41, 5.74) is -0.195. The average molecular weight is 254 g/mol. The molecule has 2 N–H and O–H groups in total. The lowest BCUT2D eigenvalue weighted by atomic mass is 9.74. The Labute approximate surface area is 108 Å². The maximum atomic E-state index is 12.5. The van der Waals surface area contributed by atoms with Gasteiger partial charge in [0, 0.05) is 19.0 Å². The highest BCUT2D eigenvalue weighted by molar-refractivity contribution is 5.83. The van der Waals surface area contributed by atoms with Gasteiger partial charge in [0.2, 0.25) is 5.91 Å². The number of hydrogen-bond donors (Lipinski definition) is 2. The van der Waals surface area contributed by atoms with Crippen molar-refractivity contribution >= 4 is 11.9 Å². The first kappa shape index (κ1) is 13.3. The zero-order valence-electron chi connectivity index (χ0n) is 10.9. The van der Waals surface area contributed by atoms with Crippen LogP contribution in [0.15, 0.2) is 0 Å². The molecule has 0 bridgehead atoms. The number of piperidine rings is 1. The summed E-state index contributed by atoms with van der Waals surface area (Å²) < 4.78 is 0. The number of carbonyl (C=O) groups is 2. The fourth-order valence-electron chi connectivity index (χ4n) is 3.07. The van der Waals surface area contributed by atoms with E-state index < -0.39 is 5.97 Å². The summed E-state index contributed by atoms with van der Waals surface area (Å²) in [5, 5.41) is 12.0. The topological polar surface area (TPSA) is 69.6 Å². The summed E-state index contributed by atoms with van der Waals surface area (Å²) in [6, 6.07) is 0. The molecular weight excluding hydrogens is 232 g/mol. The van der Waals surface area contributed by atoms with Gasteiger partial charge >= 0.3 is 5.97 Å². The Morgan fingerprint density at radius 3 is 2.44 bits per heavy atom. The van der Waals surface area contributed by atoms with Gasteiger partial charge in [-0.3, -0.25) is 9.59 Å². The number of likely N-dealkylation sites (tertiary alicyclic amines) is 1. The van der Waals surface area contributed by atoms with Crippen LogP contribution in [0.3, 0.4) is 0 Å². The fourth-order valence-corrected chi connectivity index (χ4v) is 3.07. The molecule has 0 spiro atoms. The molecule has 2 fully saturated rings. The third-order valence-corrected chi connectivity index (χ3v) is 4.40. The van der Waals surface area contributed by atoms with Gasteiger partial charge in [0.15, 0.2) is 0 Å². The van der Waals surface area contributed by atoms with Crippen molar-refractivity contribution in [2.75, 3.05) is 26.2 Å². The molecule has 2 aliphatic heterocycles. The van der Waals surface area contributed by atoms with Crippen molar-refractivity contribution in [1.29, 1.82) is 0 Å². The van der Waals surface area contributed by atoms with Gasteiger partial charge in [-0.25, -0.2) is 0 Å². The van der Waals surface area contributed by atoms with E-state index in [2.05, 4.69) is 12.2 Å². The second-order valence-corrected chi connectivity index (χ2v) is 5.56. The second-order valence-electron chi connectivity index (χ2n) is 5.56. The van der Waals surface area contributed by atoms with Gasteiger partial charge in [0.25, 0.3) is 0 Å². The molecule has 5 nitrogen and oxygen atoms in total. The summed E-state index contributed by atoms with van der Waals surface area (Å²) >= 11 is 0. The average Bonchev–Trinajstić information content (AvgIpc) is 2.33. The third-order valence-electron chi connectivity index (χ3n) is 4.40. The molecule has 0 aromatic rings. The normalized spacial score (nSPS) is 23.5. The highest BCUT2D eigenvalue weighted by Crippen LogP contribution is 2.37. The summed E-state index contributed by atoms with van der Waals surface area (Å²) in [5.74, 6) is -0.366. The SMILES string of the molecule is CCC1(C(=O)N2CC(CC(=O)O)C2)CCNCC1. The molecule has 1 amide bonds. The number of aliphatic carboxylic acids is 1. The standard InChI is InChI=1S/C13H22N2O3/c1-2-13(3-5-14-6-4-13)12(18)15-8-10(9-15)7-11(16)17/h10,14H,2-9H2,1H3,(H,16,17). The van der Waals surface area contributed by atoms with Crippen LogP contribution in [-0.4, -0.2) is 48.1 Å². The Hall–Kier alpha value is -1.10. The van der Waals surface area contributed by atoms with Crippen LogP contribution in [-0.2, 0) is 9.59 Å². The predicted molar refractivity (Wildman–Crippen MR) is 67.2 cm³/mol. The lowest BCUT2D eigenvalue weighted by molar-refractivity contribution is -0.154. The molecule has 2 heterocycles. The largest absolute Gasteiger partial charge is 0.481 e. The number of hydrogen-bond acceptors (Lipinski definition) is 3. The van der Waals surface area contributed by atoms with Crippen molar-refractivity contribution in [3.05, 3.63) is 0 Å². The molecule has 0 radical (unpaired) electrons. The lowest BCUT2D eigenvalue weighted by Crippen LogP contribution is -2.57. The molecule has 0 aromatic carbocycles. The highest BCUT2D eigenvalue weighted by atomic mass is 16.4. The molecule has 0 unspecified atom stereocenters. The van der Waals surface area contributed by atoms with Gasteiger partial charge in [-0.15, -0.1) is 0 Å². The Balaban J connectivity index is 1.89. The molecule has 2 rings (SSSR count). The molecule has 2 aliphatic rings. The summed E-state index contributed by atoms with van der Waals surface area (Å²) in [6.45, 7) is 5.15. The van der Waals surface area contributed by atoms with E-state index in [9.17, 15) is 9.59 Å². The number of nitrogens with one attached hydrogen (secondary N) is 1. The van der Waals surface area contributed by atoms with Crippen LogP contribution in [0.1, 0.15) is 32.6 Å². The summed E-state index contributed by atoms with van der Waals surface area (Å²) in [4.78, 5) is 25.0. The molecule has 0 aromatic heterocycles. The Morgan fingerprint density at radius 2 is 1.94 bits per heavy atom. The number of carboxylic acids is 1. The zero-order valence-corrected chi connectivity index (χ0v) is 10.9. The monoisotopic (exact) mass is 254 g/mol. The minimum atomic E-state index is -0.765. The molecule has 102 valence electrons. The van der Waals surface area contributed by atoms with Gasteiger partial charge < -0.3 is 15.3 Å². The third kappa shape index (κ3) is 2.51. The van der Waals surface area contributed by atoms with E-state index >= 15 is 0 Å². The summed E-state index contributed by atoms with van der Waals surface area (Å²) in [6.07, 6.45) is 2.88. The van der Waals surface area contributed by atoms with Crippen molar-refractivity contribution < 1.29 is 14.7 Å². The van der Waals surface area contributed by atoms with E-state index in [4.69, 9.17) is 5.11 Å². The lowest BCUT2D eigenvalue weighted by Gasteiger charge is -2.46. The number of nitrogens with zero attached hydrogens (tertiary/aromatic N) is 1. The summed E-state index contributed by atoms with van der Waals surface area (Å²) in [7, 11) is 0. The smallest absolute Gasteiger partial charge is 0.303 e.